The van der Waals surface area contributed by atoms with Crippen LogP contribution in [0.5, 0.6) is 0 Å². The predicted octanol–water partition coefficient (Wildman–Crippen LogP) is 4.50. The number of nitrogens with zero attached hydrogens (tertiary/aromatic N) is 2. The van der Waals surface area contributed by atoms with Crippen molar-refractivity contribution in [3.63, 3.8) is 0 Å². The van der Waals surface area contributed by atoms with E-state index < -0.39 is 0 Å². The number of benzene rings is 2. The van der Waals surface area contributed by atoms with E-state index in [-0.39, 0.29) is 36.8 Å². The van der Waals surface area contributed by atoms with E-state index in [1.807, 2.05) is 18.0 Å². The molecule has 0 unspecified atom stereocenters. The second-order valence-electron chi connectivity index (χ2n) is 6.65. The summed E-state index contributed by atoms with van der Waals surface area (Å²) >= 11 is 6.19. The van der Waals surface area contributed by atoms with Crippen LogP contribution in [0.25, 0.3) is 0 Å². The normalized spacial score (nSPS) is 14.7. The van der Waals surface area contributed by atoms with Gasteiger partial charge in [-0.2, -0.15) is 0 Å². The maximum absolute atomic E-state index is 12.7. The van der Waals surface area contributed by atoms with Crippen molar-refractivity contribution >= 4 is 48.0 Å². The van der Waals surface area contributed by atoms with E-state index in [4.69, 9.17) is 17.3 Å². The summed E-state index contributed by atoms with van der Waals surface area (Å²) in [5, 5.41) is 0.415. The van der Waals surface area contributed by atoms with Crippen molar-refractivity contribution < 1.29 is 4.79 Å². The molecule has 27 heavy (non-hydrogen) atoms. The predicted molar refractivity (Wildman–Crippen MR) is 117 cm³/mol. The molecule has 1 aliphatic heterocycles. The molecule has 2 aromatic rings. The molecule has 1 aliphatic rings. The third-order valence-corrected chi connectivity index (χ3v) is 5.21. The lowest BCUT2D eigenvalue weighted by atomic mass is 10.0. The molecule has 1 saturated heterocycles. The fourth-order valence-corrected chi connectivity index (χ4v) is 3.64. The van der Waals surface area contributed by atoms with Crippen molar-refractivity contribution in [2.24, 2.45) is 0 Å². The van der Waals surface area contributed by atoms with E-state index in [2.05, 4.69) is 29.2 Å². The van der Waals surface area contributed by atoms with Gasteiger partial charge in [-0.15, -0.1) is 24.8 Å². The molecule has 0 saturated carbocycles. The Bertz CT molecular complexity index is 735. The van der Waals surface area contributed by atoms with Crippen LogP contribution in [-0.4, -0.2) is 41.9 Å². The highest BCUT2D eigenvalue weighted by atomic mass is 35.5. The second-order valence-corrected chi connectivity index (χ2v) is 7.06. The van der Waals surface area contributed by atoms with Crippen LogP contribution in [0.15, 0.2) is 48.5 Å². The molecule has 1 fully saturated rings. The van der Waals surface area contributed by atoms with Gasteiger partial charge in [-0.1, -0.05) is 41.9 Å². The van der Waals surface area contributed by atoms with Gasteiger partial charge in [0, 0.05) is 38.4 Å². The van der Waals surface area contributed by atoms with Crippen molar-refractivity contribution in [2.45, 2.75) is 25.4 Å². The standard InChI is InChI=1S/C20H24ClN3O.2ClH/c1-23(20(25)18-8-7-16(22)13-19(18)21)17-9-11-24(12-10-17)14-15-5-3-2-4-6-15;;/h2-8,13,17H,9-12,14,22H2,1H3;2*1H. The van der Waals surface area contributed by atoms with Gasteiger partial charge in [-0.25, -0.2) is 0 Å². The van der Waals surface area contributed by atoms with Crippen molar-refractivity contribution in [3.05, 3.63) is 64.7 Å². The van der Waals surface area contributed by atoms with Crippen molar-refractivity contribution in [1.82, 2.24) is 9.80 Å². The Kier molecular flexibility index (Phi) is 9.40. The molecule has 1 amide bonds. The molecule has 0 spiro atoms. The Morgan fingerprint density at radius 2 is 1.78 bits per heavy atom. The summed E-state index contributed by atoms with van der Waals surface area (Å²) in [4.78, 5) is 17.0. The Balaban J connectivity index is 0.00000182. The van der Waals surface area contributed by atoms with Gasteiger partial charge < -0.3 is 10.6 Å². The number of nitrogen functional groups attached to an aromatic ring is 1. The number of carbonyl (C=O) groups excluding carboxylic acids is 1. The van der Waals surface area contributed by atoms with Crippen LogP contribution in [0.4, 0.5) is 5.69 Å². The molecule has 4 nitrogen and oxygen atoms in total. The number of anilines is 1. The number of halogens is 3. The van der Waals surface area contributed by atoms with E-state index in [1.54, 1.807) is 18.2 Å². The van der Waals surface area contributed by atoms with E-state index >= 15 is 0 Å². The molecule has 2 aromatic carbocycles. The quantitative estimate of drug-likeness (QED) is 0.726. The number of carbonyl (C=O) groups is 1. The zero-order valence-corrected chi connectivity index (χ0v) is 17.7. The molecule has 0 bridgehead atoms. The highest BCUT2D eigenvalue weighted by molar-refractivity contribution is 6.34. The molecular formula is C20H26Cl3N3O. The fourth-order valence-electron chi connectivity index (χ4n) is 3.37. The Hall–Kier alpha value is -1.46. The molecule has 0 aliphatic carbocycles. The Morgan fingerprint density at radius 1 is 1.15 bits per heavy atom. The second kappa shape index (κ2) is 10.8. The highest BCUT2D eigenvalue weighted by Crippen LogP contribution is 2.24. The van der Waals surface area contributed by atoms with Gasteiger partial charge in [-0.05, 0) is 36.6 Å². The van der Waals surface area contributed by atoms with Crippen LogP contribution in [-0.2, 0) is 6.54 Å². The first-order valence-electron chi connectivity index (χ1n) is 8.63. The Labute approximate surface area is 178 Å². The lowest BCUT2D eigenvalue weighted by molar-refractivity contribution is 0.0636. The monoisotopic (exact) mass is 429 g/mol. The fraction of sp³-hybridized carbons (Fsp3) is 0.350. The molecular weight excluding hydrogens is 405 g/mol. The summed E-state index contributed by atoms with van der Waals surface area (Å²) in [7, 11) is 1.87. The molecule has 3 rings (SSSR count). The number of hydrogen-bond acceptors (Lipinski definition) is 3. The summed E-state index contributed by atoms with van der Waals surface area (Å²) in [5.74, 6) is -0.0356. The first-order chi connectivity index (χ1) is 12.0. The first-order valence-corrected chi connectivity index (χ1v) is 9.01. The van der Waals surface area contributed by atoms with Gasteiger partial charge in [-0.3, -0.25) is 9.69 Å². The maximum Gasteiger partial charge on any atom is 0.255 e. The molecule has 0 radical (unpaired) electrons. The molecule has 148 valence electrons. The van der Waals surface area contributed by atoms with E-state index in [0.29, 0.717) is 16.3 Å². The summed E-state index contributed by atoms with van der Waals surface area (Å²) < 4.78 is 0. The summed E-state index contributed by atoms with van der Waals surface area (Å²) in [6, 6.07) is 15.8. The molecule has 2 N–H and O–H groups in total. The van der Waals surface area contributed by atoms with Crippen molar-refractivity contribution in [3.8, 4) is 0 Å². The summed E-state index contributed by atoms with van der Waals surface area (Å²) in [5.41, 5.74) is 8.13. The van der Waals surface area contributed by atoms with Gasteiger partial charge in [0.25, 0.3) is 5.91 Å². The molecule has 0 aromatic heterocycles. The summed E-state index contributed by atoms with van der Waals surface area (Å²) in [6.45, 7) is 2.95. The van der Waals surface area contributed by atoms with Gasteiger partial charge in [0.15, 0.2) is 0 Å². The average molecular weight is 431 g/mol. The molecule has 0 atom stereocenters. The minimum Gasteiger partial charge on any atom is -0.399 e. The smallest absolute Gasteiger partial charge is 0.255 e. The number of nitrogens with two attached hydrogens (primary N) is 1. The average Bonchev–Trinajstić information content (AvgIpc) is 2.62. The zero-order valence-electron chi connectivity index (χ0n) is 15.3. The SMILES string of the molecule is CN(C(=O)c1ccc(N)cc1Cl)C1CCN(Cc2ccccc2)CC1.Cl.Cl. The van der Waals surface area contributed by atoms with Crippen LogP contribution < -0.4 is 5.73 Å². The third kappa shape index (κ3) is 6.01. The van der Waals surface area contributed by atoms with Crippen LogP contribution in [0.2, 0.25) is 5.02 Å². The number of hydrogen-bond donors (Lipinski definition) is 1. The third-order valence-electron chi connectivity index (χ3n) is 4.90. The largest absolute Gasteiger partial charge is 0.399 e. The molecule has 1 heterocycles. The summed E-state index contributed by atoms with van der Waals surface area (Å²) in [6.07, 6.45) is 1.95. The maximum atomic E-state index is 12.7. The van der Waals surface area contributed by atoms with Crippen LogP contribution in [0, 0.1) is 0 Å². The van der Waals surface area contributed by atoms with E-state index in [0.717, 1.165) is 32.5 Å². The highest BCUT2D eigenvalue weighted by Gasteiger charge is 2.26. The van der Waals surface area contributed by atoms with Crippen LogP contribution in [0.3, 0.4) is 0 Å². The van der Waals surface area contributed by atoms with Crippen molar-refractivity contribution in [2.75, 3.05) is 25.9 Å². The van der Waals surface area contributed by atoms with Crippen molar-refractivity contribution in [1.29, 1.82) is 0 Å². The van der Waals surface area contributed by atoms with Gasteiger partial charge in [0.2, 0.25) is 0 Å². The number of piperidine rings is 1. The lowest BCUT2D eigenvalue weighted by Gasteiger charge is -2.37. The van der Waals surface area contributed by atoms with Crippen LogP contribution in [0.1, 0.15) is 28.8 Å². The van der Waals surface area contributed by atoms with E-state index in [9.17, 15) is 4.79 Å². The first kappa shape index (κ1) is 23.6. The van der Waals surface area contributed by atoms with E-state index in [1.165, 1.54) is 5.56 Å². The topological polar surface area (TPSA) is 49.6 Å². The van der Waals surface area contributed by atoms with Gasteiger partial charge in [0.05, 0.1) is 10.6 Å². The molecule has 7 heteroatoms. The minimum atomic E-state index is -0.0356. The minimum absolute atomic E-state index is 0. The number of amides is 1. The zero-order chi connectivity index (χ0) is 17.8. The lowest BCUT2D eigenvalue weighted by Crippen LogP contribution is -2.45. The van der Waals surface area contributed by atoms with Crippen LogP contribution >= 0.6 is 36.4 Å². The Morgan fingerprint density at radius 3 is 2.37 bits per heavy atom. The van der Waals surface area contributed by atoms with Gasteiger partial charge in [0.1, 0.15) is 0 Å². The van der Waals surface area contributed by atoms with Gasteiger partial charge >= 0.3 is 0 Å². The number of rotatable bonds is 4. The number of likely N-dealkylation sites (tertiary alicyclic amines) is 1.